The van der Waals surface area contributed by atoms with E-state index in [1.54, 1.807) is 4.68 Å². The number of rotatable bonds is 5. The van der Waals surface area contributed by atoms with Crippen LogP contribution in [0.1, 0.15) is 33.9 Å². The molecule has 1 aliphatic heterocycles. The van der Waals surface area contributed by atoms with Gasteiger partial charge in [-0.05, 0) is 71.7 Å². The number of hydrogen-bond donors (Lipinski definition) is 1. The highest BCUT2D eigenvalue weighted by Crippen LogP contribution is 2.36. The first-order valence-corrected chi connectivity index (χ1v) is 11.3. The number of amides is 1. The maximum atomic E-state index is 13.1. The van der Waals surface area contributed by atoms with Gasteiger partial charge in [0.2, 0.25) is 5.91 Å². The molecule has 170 valence electrons. The molecule has 5 rings (SSSR count). The van der Waals surface area contributed by atoms with E-state index in [9.17, 15) is 4.79 Å². The molecule has 3 aromatic carbocycles. The van der Waals surface area contributed by atoms with Gasteiger partial charge in [-0.15, -0.1) is 0 Å². The molecule has 1 aromatic heterocycles. The summed E-state index contributed by atoms with van der Waals surface area (Å²) in [5.41, 5.74) is 7.22. The van der Waals surface area contributed by atoms with Gasteiger partial charge in [-0.3, -0.25) is 9.69 Å². The second kappa shape index (κ2) is 8.94. The summed E-state index contributed by atoms with van der Waals surface area (Å²) in [5, 5.41) is 15.5. The van der Waals surface area contributed by atoms with Crippen LogP contribution in [-0.2, 0) is 4.79 Å². The fourth-order valence-corrected chi connectivity index (χ4v) is 4.15. The number of benzene rings is 3. The van der Waals surface area contributed by atoms with Crippen LogP contribution in [0.3, 0.4) is 0 Å². The Bertz CT molecular complexity index is 1360. The molecule has 7 heteroatoms. The Morgan fingerprint density at radius 3 is 2.44 bits per heavy atom. The highest BCUT2D eigenvalue weighted by atomic mass is 16.2. The lowest BCUT2D eigenvalue weighted by Gasteiger charge is -2.32. The minimum absolute atomic E-state index is 0.0779. The van der Waals surface area contributed by atoms with Crippen molar-refractivity contribution in [3.05, 3.63) is 107 Å². The van der Waals surface area contributed by atoms with Gasteiger partial charge in [-0.1, -0.05) is 71.3 Å². The predicted molar refractivity (Wildman–Crippen MR) is 133 cm³/mol. The number of fused-ring (bicyclic) bond motifs is 1. The average molecular weight is 451 g/mol. The van der Waals surface area contributed by atoms with Gasteiger partial charge in [-0.25, -0.2) is 0 Å². The normalized spacial score (nSPS) is 15.0. The lowest BCUT2D eigenvalue weighted by molar-refractivity contribution is -0.114. The molecule has 7 nitrogen and oxygen atoms in total. The molecule has 0 saturated carbocycles. The Morgan fingerprint density at radius 1 is 0.941 bits per heavy atom. The number of nitrogens with one attached hydrogen (secondary N) is 1. The second-order valence-electron chi connectivity index (χ2n) is 8.63. The smallest absolute Gasteiger partial charge is 0.251 e. The minimum atomic E-state index is -0.179. The molecule has 0 bridgehead atoms. The molecule has 1 aliphatic rings. The van der Waals surface area contributed by atoms with Crippen molar-refractivity contribution in [3.63, 3.8) is 0 Å². The van der Waals surface area contributed by atoms with E-state index in [0.29, 0.717) is 5.95 Å². The van der Waals surface area contributed by atoms with Crippen molar-refractivity contribution in [3.8, 4) is 0 Å². The van der Waals surface area contributed by atoms with E-state index in [0.717, 1.165) is 28.1 Å². The van der Waals surface area contributed by atoms with Crippen LogP contribution in [0.15, 0.2) is 78.9 Å². The zero-order chi connectivity index (χ0) is 23.7. The SMILES string of the molecule is Cc1ccc(C2=C[C@H](c3ccccc3)n3nnnc3N2CC(=O)Nc2ccc(C)c(C)c2)cc1. The van der Waals surface area contributed by atoms with Gasteiger partial charge in [0, 0.05) is 5.69 Å². The van der Waals surface area contributed by atoms with Crippen LogP contribution in [0.25, 0.3) is 5.70 Å². The summed E-state index contributed by atoms with van der Waals surface area (Å²) < 4.78 is 1.76. The Balaban J connectivity index is 1.52. The van der Waals surface area contributed by atoms with Crippen LogP contribution in [0.2, 0.25) is 0 Å². The maximum absolute atomic E-state index is 13.1. The number of allylic oxidation sites excluding steroid dienone is 1. The standard InChI is InChI=1S/C27H26N6O/c1-18-9-12-22(13-10-18)24-16-25(21-7-5-4-6-8-21)33-27(29-30-31-33)32(24)17-26(34)28-23-14-11-19(2)20(3)15-23/h4-16,25H,17H2,1-3H3,(H,28,34)/t25-/m1/s1. The number of hydrogen-bond acceptors (Lipinski definition) is 5. The third-order valence-corrected chi connectivity index (χ3v) is 6.17. The van der Waals surface area contributed by atoms with E-state index < -0.39 is 0 Å². The molecule has 0 aliphatic carbocycles. The van der Waals surface area contributed by atoms with Crippen molar-refractivity contribution in [2.24, 2.45) is 0 Å². The molecule has 0 spiro atoms. The largest absolute Gasteiger partial charge is 0.325 e. The van der Waals surface area contributed by atoms with E-state index in [2.05, 4.69) is 77.2 Å². The zero-order valence-electron chi connectivity index (χ0n) is 19.4. The first-order valence-electron chi connectivity index (χ1n) is 11.3. The zero-order valence-corrected chi connectivity index (χ0v) is 19.4. The summed E-state index contributed by atoms with van der Waals surface area (Å²) in [6.45, 7) is 6.22. The first-order chi connectivity index (χ1) is 16.5. The molecule has 0 fully saturated rings. The first kappa shape index (κ1) is 21.6. The summed E-state index contributed by atoms with van der Waals surface area (Å²) in [6, 6.07) is 24.1. The van der Waals surface area contributed by atoms with E-state index >= 15 is 0 Å². The maximum Gasteiger partial charge on any atom is 0.251 e. The molecule has 4 aromatic rings. The third kappa shape index (κ3) is 4.20. The fourth-order valence-electron chi connectivity index (χ4n) is 4.15. The Morgan fingerprint density at radius 2 is 1.71 bits per heavy atom. The number of nitrogens with zero attached hydrogens (tertiary/aromatic N) is 5. The highest BCUT2D eigenvalue weighted by molar-refractivity contribution is 5.97. The third-order valence-electron chi connectivity index (χ3n) is 6.17. The van der Waals surface area contributed by atoms with E-state index in [4.69, 9.17) is 0 Å². The molecule has 34 heavy (non-hydrogen) atoms. The van der Waals surface area contributed by atoms with Crippen molar-refractivity contribution in [2.75, 3.05) is 16.8 Å². The summed E-state index contributed by atoms with van der Waals surface area (Å²) in [7, 11) is 0. The summed E-state index contributed by atoms with van der Waals surface area (Å²) in [4.78, 5) is 15.0. The average Bonchev–Trinajstić information content (AvgIpc) is 3.33. The van der Waals surface area contributed by atoms with E-state index in [1.807, 2.05) is 48.2 Å². The number of aromatic nitrogens is 4. The topological polar surface area (TPSA) is 75.9 Å². The monoisotopic (exact) mass is 450 g/mol. The lowest BCUT2D eigenvalue weighted by Crippen LogP contribution is -2.37. The van der Waals surface area contributed by atoms with Crippen molar-refractivity contribution in [1.82, 2.24) is 20.2 Å². The van der Waals surface area contributed by atoms with Crippen LogP contribution in [-0.4, -0.2) is 32.7 Å². The molecular weight excluding hydrogens is 424 g/mol. The molecular formula is C27H26N6O. The Hall–Kier alpha value is -4.26. The van der Waals surface area contributed by atoms with Gasteiger partial charge >= 0.3 is 0 Å². The van der Waals surface area contributed by atoms with Crippen LogP contribution in [0, 0.1) is 20.8 Å². The summed E-state index contributed by atoms with van der Waals surface area (Å²) >= 11 is 0. The van der Waals surface area contributed by atoms with Gasteiger partial charge in [0.25, 0.3) is 5.95 Å². The molecule has 2 heterocycles. The quantitative estimate of drug-likeness (QED) is 0.478. The summed E-state index contributed by atoms with van der Waals surface area (Å²) in [6.07, 6.45) is 2.12. The fraction of sp³-hybridized carbons (Fsp3) is 0.185. The van der Waals surface area contributed by atoms with E-state index in [1.165, 1.54) is 11.1 Å². The van der Waals surface area contributed by atoms with Gasteiger partial charge in [0.05, 0.1) is 5.70 Å². The molecule has 1 N–H and O–H groups in total. The highest BCUT2D eigenvalue weighted by Gasteiger charge is 2.31. The van der Waals surface area contributed by atoms with Crippen LogP contribution >= 0.6 is 0 Å². The predicted octanol–water partition coefficient (Wildman–Crippen LogP) is 4.69. The lowest BCUT2D eigenvalue weighted by atomic mass is 10.00. The van der Waals surface area contributed by atoms with Crippen molar-refractivity contribution in [1.29, 1.82) is 0 Å². The number of anilines is 2. The van der Waals surface area contributed by atoms with Gasteiger partial charge in [0.1, 0.15) is 12.6 Å². The van der Waals surface area contributed by atoms with Gasteiger partial charge in [-0.2, -0.15) is 4.68 Å². The molecule has 0 radical (unpaired) electrons. The molecule has 0 saturated heterocycles. The Kier molecular flexibility index (Phi) is 5.67. The van der Waals surface area contributed by atoms with Crippen molar-refractivity contribution < 1.29 is 4.79 Å². The second-order valence-corrected chi connectivity index (χ2v) is 8.63. The van der Waals surface area contributed by atoms with Crippen molar-refractivity contribution in [2.45, 2.75) is 26.8 Å². The number of carbonyl (C=O) groups excluding carboxylic acids is 1. The summed E-state index contributed by atoms with van der Waals surface area (Å²) in [5.74, 6) is 0.385. The number of carbonyl (C=O) groups is 1. The van der Waals surface area contributed by atoms with Crippen LogP contribution in [0.4, 0.5) is 11.6 Å². The van der Waals surface area contributed by atoms with Crippen molar-refractivity contribution >= 4 is 23.2 Å². The minimum Gasteiger partial charge on any atom is -0.325 e. The van der Waals surface area contributed by atoms with Crippen LogP contribution in [0.5, 0.6) is 0 Å². The number of tetrazole rings is 1. The Labute approximate surface area is 198 Å². The van der Waals surface area contributed by atoms with Gasteiger partial charge in [0.15, 0.2) is 0 Å². The van der Waals surface area contributed by atoms with Gasteiger partial charge < -0.3 is 5.32 Å². The molecule has 1 atom stereocenters. The van der Waals surface area contributed by atoms with Crippen LogP contribution < -0.4 is 10.2 Å². The van der Waals surface area contributed by atoms with E-state index in [-0.39, 0.29) is 18.5 Å². The number of aryl methyl sites for hydroxylation is 3. The molecule has 1 amide bonds. The molecule has 0 unspecified atom stereocenters.